The molecular formula is C15H26N2O3. The van der Waals surface area contributed by atoms with Gasteiger partial charge in [0.1, 0.15) is 12.3 Å². The van der Waals surface area contributed by atoms with E-state index in [1.807, 2.05) is 6.92 Å². The second-order valence-electron chi connectivity index (χ2n) is 4.65. The highest BCUT2D eigenvalue weighted by Crippen LogP contribution is 2.04. The quantitative estimate of drug-likeness (QED) is 0.340. The van der Waals surface area contributed by atoms with Crippen LogP contribution in [0.25, 0.3) is 0 Å². The molecule has 20 heavy (non-hydrogen) atoms. The van der Waals surface area contributed by atoms with E-state index in [1.54, 1.807) is 25.2 Å². The minimum absolute atomic E-state index is 0.245. The third kappa shape index (κ3) is 7.89. The molecule has 5 heteroatoms. The maximum Gasteiger partial charge on any atom is 0.320 e. The summed E-state index contributed by atoms with van der Waals surface area (Å²) >= 11 is 0. The van der Waals surface area contributed by atoms with Crippen LogP contribution in [0.1, 0.15) is 26.7 Å². The standard InChI is InChI=1S/C15H26N2O3/c1-5-7-9-11(3)14(17-12(4)18)10-16-13(8-6-2)15(19)20/h5,7,9,12-14,16-18H,1,3,6,8,10H2,2,4H3,(H,19,20)/b9-7-/t12?,13-,14?/m0/s1. The van der Waals surface area contributed by atoms with Crippen molar-refractivity contribution in [3.05, 3.63) is 37.0 Å². The monoisotopic (exact) mass is 282 g/mol. The lowest BCUT2D eigenvalue weighted by atomic mass is 10.1. The predicted octanol–water partition coefficient (Wildman–Crippen LogP) is 1.42. The number of aliphatic carboxylic acids is 1. The van der Waals surface area contributed by atoms with Gasteiger partial charge in [0.25, 0.3) is 0 Å². The van der Waals surface area contributed by atoms with Gasteiger partial charge in [-0.3, -0.25) is 10.1 Å². The van der Waals surface area contributed by atoms with Gasteiger partial charge >= 0.3 is 5.97 Å². The van der Waals surface area contributed by atoms with E-state index in [2.05, 4.69) is 23.8 Å². The number of allylic oxidation sites excluding steroid dienone is 2. The average Bonchev–Trinajstić information content (AvgIpc) is 2.38. The number of hydrogen-bond acceptors (Lipinski definition) is 4. The second kappa shape index (κ2) is 10.4. The molecule has 0 fully saturated rings. The number of aliphatic hydroxyl groups excluding tert-OH is 1. The van der Waals surface area contributed by atoms with Crippen molar-refractivity contribution in [3.8, 4) is 0 Å². The topological polar surface area (TPSA) is 81.6 Å². The predicted molar refractivity (Wildman–Crippen MR) is 81.4 cm³/mol. The summed E-state index contributed by atoms with van der Waals surface area (Å²) in [7, 11) is 0. The number of aliphatic hydroxyl groups is 1. The Morgan fingerprint density at radius 2 is 2.05 bits per heavy atom. The Balaban J connectivity index is 4.63. The van der Waals surface area contributed by atoms with E-state index in [4.69, 9.17) is 5.11 Å². The Labute approximate surface area is 121 Å². The van der Waals surface area contributed by atoms with Crippen LogP contribution >= 0.6 is 0 Å². The van der Waals surface area contributed by atoms with Crippen LogP contribution < -0.4 is 10.6 Å². The Bertz CT molecular complexity index is 351. The molecule has 0 bridgehead atoms. The highest BCUT2D eigenvalue weighted by Gasteiger charge is 2.19. The Morgan fingerprint density at radius 1 is 1.40 bits per heavy atom. The van der Waals surface area contributed by atoms with Gasteiger partial charge in [-0.2, -0.15) is 0 Å². The third-order valence-corrected chi connectivity index (χ3v) is 2.78. The van der Waals surface area contributed by atoms with E-state index in [0.29, 0.717) is 13.0 Å². The van der Waals surface area contributed by atoms with Gasteiger partial charge in [0.2, 0.25) is 0 Å². The summed E-state index contributed by atoms with van der Waals surface area (Å²) in [5.41, 5.74) is 0.749. The van der Waals surface area contributed by atoms with Crippen LogP contribution in [0.3, 0.4) is 0 Å². The van der Waals surface area contributed by atoms with E-state index in [0.717, 1.165) is 12.0 Å². The minimum atomic E-state index is -0.866. The zero-order valence-electron chi connectivity index (χ0n) is 12.3. The van der Waals surface area contributed by atoms with Crippen molar-refractivity contribution in [2.75, 3.05) is 6.54 Å². The molecule has 0 aliphatic rings. The molecule has 0 aliphatic carbocycles. The van der Waals surface area contributed by atoms with Gasteiger partial charge in [-0.15, -0.1) is 0 Å². The maximum atomic E-state index is 11.1. The molecule has 114 valence electrons. The summed E-state index contributed by atoms with van der Waals surface area (Å²) in [6.45, 7) is 11.4. The number of carbonyl (C=O) groups is 1. The van der Waals surface area contributed by atoms with Crippen LogP contribution in [0, 0.1) is 0 Å². The first-order chi connectivity index (χ1) is 9.42. The van der Waals surface area contributed by atoms with E-state index in [1.165, 1.54) is 0 Å². The number of carboxylic acids is 1. The Morgan fingerprint density at radius 3 is 2.50 bits per heavy atom. The van der Waals surface area contributed by atoms with Crippen LogP contribution in [-0.4, -0.2) is 41.0 Å². The van der Waals surface area contributed by atoms with E-state index >= 15 is 0 Å². The molecule has 5 nitrogen and oxygen atoms in total. The second-order valence-corrected chi connectivity index (χ2v) is 4.65. The van der Waals surface area contributed by atoms with Crippen molar-refractivity contribution in [1.29, 1.82) is 0 Å². The van der Waals surface area contributed by atoms with Gasteiger partial charge in [-0.25, -0.2) is 0 Å². The molecular weight excluding hydrogens is 256 g/mol. The average molecular weight is 282 g/mol. The van der Waals surface area contributed by atoms with E-state index < -0.39 is 18.2 Å². The highest BCUT2D eigenvalue weighted by molar-refractivity contribution is 5.73. The molecule has 0 amide bonds. The summed E-state index contributed by atoms with van der Waals surface area (Å²) in [4.78, 5) is 11.1. The molecule has 0 aliphatic heterocycles. The molecule has 2 unspecified atom stereocenters. The SMILES string of the molecule is C=C/C=C\C(=C)C(CN[C@@H](CCC)C(=O)O)NC(C)O. The lowest BCUT2D eigenvalue weighted by Gasteiger charge is -2.24. The van der Waals surface area contributed by atoms with Crippen LogP contribution in [0.15, 0.2) is 37.0 Å². The lowest BCUT2D eigenvalue weighted by Crippen LogP contribution is -2.48. The van der Waals surface area contributed by atoms with Gasteiger partial charge in [-0.05, 0) is 18.9 Å². The number of carboxylic acid groups (broad SMARTS) is 1. The maximum absolute atomic E-state index is 11.1. The smallest absolute Gasteiger partial charge is 0.320 e. The summed E-state index contributed by atoms with van der Waals surface area (Å²) in [5, 5.41) is 24.5. The molecule has 0 rings (SSSR count). The molecule has 0 radical (unpaired) electrons. The van der Waals surface area contributed by atoms with Crippen molar-refractivity contribution < 1.29 is 15.0 Å². The fourth-order valence-corrected chi connectivity index (χ4v) is 1.76. The van der Waals surface area contributed by atoms with Crippen LogP contribution in [0.4, 0.5) is 0 Å². The molecule has 0 spiro atoms. The van der Waals surface area contributed by atoms with Gasteiger partial charge in [0.05, 0.1) is 0 Å². The Kier molecular flexibility index (Phi) is 9.63. The molecule has 4 N–H and O–H groups in total. The first kappa shape index (κ1) is 18.6. The first-order valence-corrected chi connectivity index (χ1v) is 6.80. The van der Waals surface area contributed by atoms with Crippen molar-refractivity contribution in [1.82, 2.24) is 10.6 Å². The van der Waals surface area contributed by atoms with Crippen molar-refractivity contribution in [2.24, 2.45) is 0 Å². The summed E-state index contributed by atoms with van der Waals surface area (Å²) < 4.78 is 0. The normalized spacial score (nSPS) is 15.8. The van der Waals surface area contributed by atoms with Crippen LogP contribution in [0.5, 0.6) is 0 Å². The summed E-state index contributed by atoms with van der Waals surface area (Å²) in [6, 6.07) is -0.834. The first-order valence-electron chi connectivity index (χ1n) is 6.80. The summed E-state index contributed by atoms with van der Waals surface area (Å²) in [6.07, 6.45) is 5.81. The molecule has 0 aromatic rings. The molecule has 0 heterocycles. The molecule has 3 atom stereocenters. The third-order valence-electron chi connectivity index (χ3n) is 2.78. The zero-order valence-corrected chi connectivity index (χ0v) is 12.3. The van der Waals surface area contributed by atoms with Crippen LogP contribution in [-0.2, 0) is 4.79 Å². The number of rotatable bonds is 11. The van der Waals surface area contributed by atoms with Gasteiger partial charge in [-0.1, -0.05) is 44.7 Å². The van der Waals surface area contributed by atoms with Gasteiger partial charge in [0, 0.05) is 12.6 Å². The molecule has 0 saturated carbocycles. The Hall–Kier alpha value is -1.43. The van der Waals surface area contributed by atoms with Gasteiger partial charge in [0.15, 0.2) is 0 Å². The van der Waals surface area contributed by atoms with E-state index in [-0.39, 0.29) is 6.04 Å². The van der Waals surface area contributed by atoms with Crippen molar-refractivity contribution in [3.63, 3.8) is 0 Å². The fourth-order valence-electron chi connectivity index (χ4n) is 1.76. The van der Waals surface area contributed by atoms with E-state index in [9.17, 15) is 9.90 Å². The lowest BCUT2D eigenvalue weighted by molar-refractivity contribution is -0.139. The van der Waals surface area contributed by atoms with Crippen molar-refractivity contribution >= 4 is 5.97 Å². The molecule has 0 aromatic carbocycles. The molecule has 0 aromatic heterocycles. The highest BCUT2D eigenvalue weighted by atomic mass is 16.4. The number of hydrogen-bond donors (Lipinski definition) is 4. The minimum Gasteiger partial charge on any atom is -0.480 e. The van der Waals surface area contributed by atoms with Crippen molar-refractivity contribution in [2.45, 2.75) is 45.0 Å². The van der Waals surface area contributed by atoms with Gasteiger partial charge < -0.3 is 15.5 Å². The number of nitrogens with one attached hydrogen (secondary N) is 2. The zero-order chi connectivity index (χ0) is 15.5. The molecule has 0 saturated heterocycles. The van der Waals surface area contributed by atoms with Crippen LogP contribution in [0.2, 0.25) is 0 Å². The fraction of sp³-hybridized carbons (Fsp3) is 0.533. The largest absolute Gasteiger partial charge is 0.480 e. The summed E-state index contributed by atoms with van der Waals surface area (Å²) in [5.74, 6) is -0.866.